The minimum Gasteiger partial charge on any atom is -0.441 e. The zero-order valence-electron chi connectivity index (χ0n) is 15.1. The van der Waals surface area contributed by atoms with Crippen molar-refractivity contribution in [3.63, 3.8) is 0 Å². The molecule has 0 unspecified atom stereocenters. The molecule has 0 N–H and O–H groups in total. The molecule has 4 heteroatoms. The minimum absolute atomic E-state index is 0.780. The Labute approximate surface area is 146 Å². The van der Waals surface area contributed by atoms with Gasteiger partial charge in [-0.2, -0.15) is 0 Å². The van der Waals surface area contributed by atoms with Crippen LogP contribution < -0.4 is 0 Å². The molecule has 0 radical (unpaired) electrons. The van der Waals surface area contributed by atoms with Gasteiger partial charge in [0.15, 0.2) is 22.9 Å². The summed E-state index contributed by atoms with van der Waals surface area (Å²) >= 11 is 0. The van der Waals surface area contributed by atoms with Crippen molar-refractivity contribution in [1.82, 2.24) is 9.97 Å². The topological polar surface area (TPSA) is 52.1 Å². The first-order valence-corrected chi connectivity index (χ1v) is 8.73. The largest absolute Gasteiger partial charge is 0.441 e. The van der Waals surface area contributed by atoms with E-state index in [0.29, 0.717) is 0 Å². The Bertz CT molecular complexity index is 909. The van der Waals surface area contributed by atoms with Crippen LogP contribution in [-0.2, 0) is 12.8 Å². The van der Waals surface area contributed by atoms with Crippen molar-refractivity contribution in [3.05, 3.63) is 58.3 Å². The molecular formula is C21H22N2O2. The predicted octanol–water partition coefficient (Wildman–Crippen LogP) is 5.38. The van der Waals surface area contributed by atoms with Crippen LogP contribution in [0.15, 0.2) is 33.1 Å². The van der Waals surface area contributed by atoms with Crippen LogP contribution in [0.2, 0.25) is 0 Å². The first kappa shape index (κ1) is 15.9. The maximum Gasteiger partial charge on any atom is 0.195 e. The van der Waals surface area contributed by atoms with Gasteiger partial charge >= 0.3 is 0 Å². The number of oxazole rings is 2. The molecule has 0 aliphatic heterocycles. The average molecular weight is 334 g/mol. The smallest absolute Gasteiger partial charge is 0.195 e. The molecule has 25 heavy (non-hydrogen) atoms. The second-order valence-electron chi connectivity index (χ2n) is 6.88. The lowest BCUT2D eigenvalue weighted by Gasteiger charge is -1.96. The van der Waals surface area contributed by atoms with Crippen molar-refractivity contribution in [2.24, 2.45) is 0 Å². The number of benzene rings is 2. The second-order valence-corrected chi connectivity index (χ2v) is 6.88. The summed E-state index contributed by atoms with van der Waals surface area (Å²) in [5.74, 6) is 1.56. The summed E-state index contributed by atoms with van der Waals surface area (Å²) < 4.78 is 11.7. The summed E-state index contributed by atoms with van der Waals surface area (Å²) in [5.41, 5.74) is 8.54. The summed E-state index contributed by atoms with van der Waals surface area (Å²) in [4.78, 5) is 9.19. The van der Waals surface area contributed by atoms with E-state index in [1.165, 1.54) is 22.3 Å². The summed E-state index contributed by atoms with van der Waals surface area (Å²) in [6, 6.07) is 8.30. The first-order chi connectivity index (χ1) is 12.0. The number of nitrogens with zero attached hydrogens (tertiary/aromatic N) is 2. The number of hydrogen-bond donors (Lipinski definition) is 0. The molecule has 4 nitrogen and oxygen atoms in total. The van der Waals surface area contributed by atoms with E-state index in [9.17, 15) is 0 Å². The monoisotopic (exact) mass is 334 g/mol. The van der Waals surface area contributed by atoms with Crippen LogP contribution in [0, 0.1) is 27.7 Å². The fraction of sp³-hybridized carbons (Fsp3) is 0.333. The Morgan fingerprint density at radius 3 is 1.48 bits per heavy atom. The number of aryl methyl sites for hydroxylation is 6. The Kier molecular flexibility index (Phi) is 3.83. The third kappa shape index (κ3) is 3.04. The standard InChI is InChI=1S/C21H22N2O2/c1-12-8-16-18(10-14(12)3)24-20(22-16)6-5-7-21-23-17-9-13(2)15(4)11-19(17)25-21/h8-11H,5-7H2,1-4H3. The van der Waals surface area contributed by atoms with E-state index in [-0.39, 0.29) is 0 Å². The Morgan fingerprint density at radius 2 is 1.04 bits per heavy atom. The fourth-order valence-electron chi connectivity index (χ4n) is 3.06. The zero-order valence-corrected chi connectivity index (χ0v) is 15.1. The van der Waals surface area contributed by atoms with Gasteiger partial charge in [-0.1, -0.05) is 0 Å². The normalized spacial score (nSPS) is 11.7. The quantitative estimate of drug-likeness (QED) is 0.503. The lowest BCUT2D eigenvalue weighted by Crippen LogP contribution is -1.90. The van der Waals surface area contributed by atoms with Gasteiger partial charge in [-0.25, -0.2) is 9.97 Å². The van der Waals surface area contributed by atoms with Gasteiger partial charge in [0.1, 0.15) is 11.0 Å². The van der Waals surface area contributed by atoms with Crippen molar-refractivity contribution in [2.75, 3.05) is 0 Å². The zero-order chi connectivity index (χ0) is 17.6. The summed E-state index contributed by atoms with van der Waals surface area (Å²) in [6.45, 7) is 8.38. The van der Waals surface area contributed by atoms with Gasteiger partial charge in [-0.15, -0.1) is 0 Å². The van der Waals surface area contributed by atoms with E-state index in [0.717, 1.165) is 53.2 Å². The van der Waals surface area contributed by atoms with Crippen LogP contribution in [0.4, 0.5) is 0 Å². The Hall–Kier alpha value is -2.62. The number of fused-ring (bicyclic) bond motifs is 2. The van der Waals surface area contributed by atoms with Gasteiger partial charge in [-0.3, -0.25) is 0 Å². The second kappa shape index (κ2) is 6.03. The van der Waals surface area contributed by atoms with Gasteiger partial charge in [-0.05, 0) is 80.6 Å². The molecule has 2 aromatic heterocycles. The van der Waals surface area contributed by atoms with Crippen LogP contribution in [0.3, 0.4) is 0 Å². The van der Waals surface area contributed by atoms with Gasteiger partial charge in [0.25, 0.3) is 0 Å². The average Bonchev–Trinajstić information content (AvgIpc) is 3.11. The predicted molar refractivity (Wildman–Crippen MR) is 99.0 cm³/mol. The van der Waals surface area contributed by atoms with Gasteiger partial charge in [0, 0.05) is 12.8 Å². The van der Waals surface area contributed by atoms with Crippen LogP contribution >= 0.6 is 0 Å². The van der Waals surface area contributed by atoms with Crippen molar-refractivity contribution in [1.29, 1.82) is 0 Å². The number of rotatable bonds is 4. The Morgan fingerprint density at radius 1 is 0.640 bits per heavy atom. The van der Waals surface area contributed by atoms with Gasteiger partial charge in [0.2, 0.25) is 0 Å². The molecule has 0 bridgehead atoms. The summed E-state index contributed by atoms with van der Waals surface area (Å²) in [6.07, 6.45) is 2.46. The molecule has 0 fully saturated rings. The van der Waals surface area contributed by atoms with Gasteiger partial charge < -0.3 is 8.83 Å². The van der Waals surface area contributed by atoms with Crippen molar-refractivity contribution in [3.8, 4) is 0 Å². The Balaban J connectivity index is 1.47. The maximum absolute atomic E-state index is 5.87. The van der Waals surface area contributed by atoms with E-state index in [1.807, 2.05) is 0 Å². The maximum atomic E-state index is 5.87. The third-order valence-corrected chi connectivity index (χ3v) is 4.88. The number of aromatic nitrogens is 2. The summed E-state index contributed by atoms with van der Waals surface area (Å²) in [5, 5.41) is 0. The molecule has 0 saturated heterocycles. The third-order valence-electron chi connectivity index (χ3n) is 4.88. The summed E-state index contributed by atoms with van der Waals surface area (Å²) in [7, 11) is 0. The van der Waals surface area contributed by atoms with E-state index in [4.69, 9.17) is 8.83 Å². The van der Waals surface area contributed by atoms with Crippen molar-refractivity contribution < 1.29 is 8.83 Å². The van der Waals surface area contributed by atoms with Crippen LogP contribution in [0.5, 0.6) is 0 Å². The van der Waals surface area contributed by atoms with E-state index < -0.39 is 0 Å². The molecule has 0 aliphatic rings. The van der Waals surface area contributed by atoms with Crippen LogP contribution in [0.1, 0.15) is 40.5 Å². The SMILES string of the molecule is Cc1cc2nc(CCCc3nc4cc(C)c(C)cc4o3)oc2cc1C. The first-order valence-electron chi connectivity index (χ1n) is 8.73. The molecule has 0 aliphatic carbocycles. The highest BCUT2D eigenvalue weighted by Gasteiger charge is 2.10. The molecule has 4 aromatic rings. The van der Waals surface area contributed by atoms with Crippen LogP contribution in [-0.4, -0.2) is 9.97 Å². The molecule has 128 valence electrons. The van der Waals surface area contributed by atoms with E-state index in [1.54, 1.807) is 0 Å². The molecule has 2 aromatic carbocycles. The highest BCUT2D eigenvalue weighted by Crippen LogP contribution is 2.23. The van der Waals surface area contributed by atoms with Crippen molar-refractivity contribution >= 4 is 22.2 Å². The van der Waals surface area contributed by atoms with Crippen LogP contribution in [0.25, 0.3) is 22.2 Å². The molecule has 0 saturated carbocycles. The highest BCUT2D eigenvalue weighted by molar-refractivity contribution is 5.75. The molecule has 0 atom stereocenters. The van der Waals surface area contributed by atoms with E-state index >= 15 is 0 Å². The van der Waals surface area contributed by atoms with Crippen molar-refractivity contribution in [2.45, 2.75) is 47.0 Å². The molecule has 4 rings (SSSR count). The lowest BCUT2D eigenvalue weighted by molar-refractivity contribution is 0.489. The molecule has 2 heterocycles. The lowest BCUT2D eigenvalue weighted by atomic mass is 10.1. The van der Waals surface area contributed by atoms with Gasteiger partial charge in [0.05, 0.1) is 0 Å². The van der Waals surface area contributed by atoms with E-state index in [2.05, 4.69) is 61.9 Å². The molecule has 0 spiro atoms. The fourth-order valence-corrected chi connectivity index (χ4v) is 3.06. The highest BCUT2D eigenvalue weighted by atomic mass is 16.4. The minimum atomic E-state index is 0.780. The molecule has 0 amide bonds. The molecular weight excluding hydrogens is 312 g/mol. The number of hydrogen-bond acceptors (Lipinski definition) is 4.